The van der Waals surface area contributed by atoms with Gasteiger partial charge in [-0.1, -0.05) is 26.7 Å². The molecule has 0 aliphatic rings. The molecule has 0 radical (unpaired) electrons. The Hall–Kier alpha value is -2.73. The van der Waals surface area contributed by atoms with Crippen molar-refractivity contribution in [2.75, 3.05) is 99.7 Å². The fourth-order valence-corrected chi connectivity index (χ4v) is 2.61. The van der Waals surface area contributed by atoms with Crippen LogP contribution in [0, 0.1) is 0 Å². The molecule has 0 saturated carbocycles. The lowest BCUT2D eigenvalue weighted by Crippen LogP contribution is -2.41. The summed E-state index contributed by atoms with van der Waals surface area (Å²) in [6.07, 6.45) is 0.253. The molecule has 15 heteroatoms. The van der Waals surface area contributed by atoms with Gasteiger partial charge in [0, 0.05) is 23.1 Å². The quantitative estimate of drug-likeness (QED) is 0.0353. The molecule has 0 atom stereocenters. The molecule has 45 heavy (non-hydrogen) atoms. The van der Waals surface area contributed by atoms with Crippen molar-refractivity contribution in [2.45, 2.75) is 40.1 Å². The van der Waals surface area contributed by atoms with Gasteiger partial charge in [0.05, 0.1) is 59.5 Å². The fourth-order valence-electron chi connectivity index (χ4n) is 2.61. The number of carbonyl (C=O) groups excluding carboxylic acids is 3. The maximum atomic E-state index is 11.3. The first-order valence-corrected chi connectivity index (χ1v) is 14.4. The molecule has 0 aliphatic heterocycles. The molecule has 0 rings (SSSR count). The molecule has 15 nitrogen and oxygen atoms in total. The first-order valence-electron chi connectivity index (χ1n) is 14.4. The molecule has 0 bridgehead atoms. The lowest BCUT2D eigenvalue weighted by atomic mass is 10.4. The average molecular weight is 651 g/mol. The van der Waals surface area contributed by atoms with Crippen molar-refractivity contribution >= 4 is 17.9 Å². The molecule has 0 aliphatic carbocycles. The molecule has 0 saturated heterocycles. The van der Waals surface area contributed by atoms with Gasteiger partial charge in [-0.15, -0.1) is 0 Å². The summed E-state index contributed by atoms with van der Waals surface area (Å²) in [6, 6.07) is 0. The molecular formula is C30H50O15. The van der Waals surface area contributed by atoms with Crippen molar-refractivity contribution in [1.82, 2.24) is 0 Å². The molecule has 0 amide bonds. The van der Waals surface area contributed by atoms with E-state index < -0.39 is 23.9 Å². The van der Waals surface area contributed by atoms with Crippen LogP contribution >= 0.6 is 0 Å². The number of rotatable bonds is 31. The third-order valence-electron chi connectivity index (χ3n) is 5.06. The summed E-state index contributed by atoms with van der Waals surface area (Å²) in [6.45, 7) is 18.6. The Bertz CT molecular complexity index is 766. The van der Waals surface area contributed by atoms with Crippen LogP contribution in [0.25, 0.3) is 0 Å². The Morgan fingerprint density at radius 2 is 0.689 bits per heavy atom. The van der Waals surface area contributed by atoms with Crippen LogP contribution in [-0.4, -0.2) is 124 Å². The van der Waals surface area contributed by atoms with E-state index in [1.165, 1.54) is 0 Å². The van der Waals surface area contributed by atoms with Gasteiger partial charge in [0.2, 0.25) is 0 Å². The minimum Gasteiger partial charge on any atom is -0.460 e. The molecule has 0 fully saturated rings. The summed E-state index contributed by atoms with van der Waals surface area (Å²) >= 11 is 0. The molecule has 260 valence electrons. The second-order valence-electron chi connectivity index (χ2n) is 9.13. The zero-order valence-corrected chi connectivity index (χ0v) is 27.1. The number of ether oxygens (including phenoxy) is 12. The SMILES string of the molecule is C=C(C)C(=O)OCCOCCOCOC(CC)(OCOCCOCCOC(=O)C(=C)C)OCOCCOCCOC(=O)C(=C)C. The van der Waals surface area contributed by atoms with Gasteiger partial charge in [0.15, 0.2) is 20.4 Å². The minimum atomic E-state index is -1.55. The molecule has 0 heterocycles. The van der Waals surface area contributed by atoms with Crippen molar-refractivity contribution < 1.29 is 71.2 Å². The molecule has 0 spiro atoms. The van der Waals surface area contributed by atoms with Crippen molar-refractivity contribution in [3.63, 3.8) is 0 Å². The highest BCUT2D eigenvalue weighted by Crippen LogP contribution is 2.20. The third kappa shape index (κ3) is 24.2. The van der Waals surface area contributed by atoms with Crippen LogP contribution in [-0.2, 0) is 71.2 Å². The van der Waals surface area contributed by atoms with Crippen molar-refractivity contribution in [1.29, 1.82) is 0 Å². The topological polar surface area (TPSA) is 162 Å². The summed E-state index contributed by atoms with van der Waals surface area (Å²) in [5.74, 6) is -2.98. The number of hydrogen-bond acceptors (Lipinski definition) is 15. The van der Waals surface area contributed by atoms with Crippen LogP contribution in [0.5, 0.6) is 0 Å². The molecule has 0 aromatic carbocycles. The predicted octanol–water partition coefficient (Wildman–Crippen LogP) is 2.43. The van der Waals surface area contributed by atoms with Gasteiger partial charge in [-0.2, -0.15) is 0 Å². The number of esters is 3. The molecule has 0 unspecified atom stereocenters. The summed E-state index contributed by atoms with van der Waals surface area (Å²) < 4.78 is 64.4. The van der Waals surface area contributed by atoms with Gasteiger partial charge in [0.1, 0.15) is 19.8 Å². The normalized spacial score (nSPS) is 11.2. The number of carbonyl (C=O) groups is 3. The monoisotopic (exact) mass is 650 g/mol. The Balaban J connectivity index is 4.42. The van der Waals surface area contributed by atoms with Crippen LogP contribution in [0.2, 0.25) is 0 Å². The minimum absolute atomic E-state index is 0.101. The lowest BCUT2D eigenvalue weighted by Gasteiger charge is -2.31. The lowest BCUT2D eigenvalue weighted by molar-refractivity contribution is -0.427. The van der Waals surface area contributed by atoms with Gasteiger partial charge in [-0.05, 0) is 20.8 Å². The van der Waals surface area contributed by atoms with Gasteiger partial charge in [-0.3, -0.25) is 0 Å². The van der Waals surface area contributed by atoms with E-state index in [1.807, 2.05) is 0 Å². The molecular weight excluding hydrogens is 600 g/mol. The highest BCUT2D eigenvalue weighted by atomic mass is 16.9. The maximum absolute atomic E-state index is 11.3. The van der Waals surface area contributed by atoms with Crippen LogP contribution < -0.4 is 0 Å². The number of hydrogen-bond donors (Lipinski definition) is 0. The summed E-state index contributed by atoms with van der Waals surface area (Å²) in [5.41, 5.74) is 0.943. The highest BCUT2D eigenvalue weighted by Gasteiger charge is 2.32. The average Bonchev–Trinajstić information content (AvgIpc) is 3.01. The zero-order chi connectivity index (χ0) is 33.8. The summed E-state index contributed by atoms with van der Waals surface area (Å²) in [5, 5.41) is 0. The van der Waals surface area contributed by atoms with Gasteiger partial charge in [0.25, 0.3) is 5.97 Å². The second-order valence-corrected chi connectivity index (χ2v) is 9.13. The van der Waals surface area contributed by atoms with Gasteiger partial charge >= 0.3 is 17.9 Å². The zero-order valence-electron chi connectivity index (χ0n) is 27.1. The van der Waals surface area contributed by atoms with E-state index in [9.17, 15) is 14.4 Å². The summed E-state index contributed by atoms with van der Waals surface area (Å²) in [4.78, 5) is 34.0. The van der Waals surface area contributed by atoms with Crippen molar-refractivity contribution in [2.24, 2.45) is 0 Å². The smallest absolute Gasteiger partial charge is 0.333 e. The van der Waals surface area contributed by atoms with E-state index >= 15 is 0 Å². The van der Waals surface area contributed by atoms with Crippen LogP contribution in [0.3, 0.4) is 0 Å². The van der Waals surface area contributed by atoms with Gasteiger partial charge < -0.3 is 56.8 Å². The van der Waals surface area contributed by atoms with Crippen LogP contribution in [0.1, 0.15) is 34.1 Å². The fraction of sp³-hybridized carbons (Fsp3) is 0.700. The third-order valence-corrected chi connectivity index (χ3v) is 5.06. The molecule has 0 aromatic rings. The van der Waals surface area contributed by atoms with E-state index in [4.69, 9.17) is 56.8 Å². The van der Waals surface area contributed by atoms with E-state index in [1.54, 1.807) is 27.7 Å². The Morgan fingerprint density at radius 1 is 0.444 bits per heavy atom. The Labute approximate surface area is 265 Å². The van der Waals surface area contributed by atoms with Crippen LogP contribution in [0.4, 0.5) is 0 Å². The van der Waals surface area contributed by atoms with Crippen molar-refractivity contribution in [3.8, 4) is 0 Å². The Kier molecular flexibility index (Phi) is 25.9. The first-order chi connectivity index (χ1) is 21.5. The molecule has 0 N–H and O–H groups in total. The van der Waals surface area contributed by atoms with E-state index in [0.717, 1.165) is 0 Å². The Morgan fingerprint density at radius 3 is 0.933 bits per heavy atom. The van der Waals surface area contributed by atoms with E-state index in [0.29, 0.717) is 16.7 Å². The van der Waals surface area contributed by atoms with Crippen LogP contribution in [0.15, 0.2) is 36.5 Å². The van der Waals surface area contributed by atoms with Gasteiger partial charge in [-0.25, -0.2) is 14.4 Å². The van der Waals surface area contributed by atoms with E-state index in [-0.39, 0.29) is 106 Å². The van der Waals surface area contributed by atoms with Crippen molar-refractivity contribution in [3.05, 3.63) is 36.5 Å². The maximum Gasteiger partial charge on any atom is 0.333 e. The van der Waals surface area contributed by atoms with E-state index in [2.05, 4.69) is 19.7 Å². The predicted molar refractivity (Wildman–Crippen MR) is 159 cm³/mol. The summed E-state index contributed by atoms with van der Waals surface area (Å²) in [7, 11) is 0. The first kappa shape index (κ1) is 42.3. The molecule has 0 aromatic heterocycles. The highest BCUT2D eigenvalue weighted by molar-refractivity contribution is 5.87. The largest absolute Gasteiger partial charge is 0.460 e. The second kappa shape index (κ2) is 27.6. The standard InChI is InChI=1S/C30H50O15/c1-8-30(43-21-37-12-9-34-15-18-40-27(31)24(2)3,44-22-38-13-10-35-16-19-41-28(32)25(4)5)45-23-39-14-11-36-17-20-42-29(33)26(6)7/h2,4,6,8-23H2,1,3,5,7H3.